The highest BCUT2D eigenvalue weighted by Gasteiger charge is 2.28. The number of pyridine rings is 1. The first-order chi connectivity index (χ1) is 17.2. The van der Waals surface area contributed by atoms with Gasteiger partial charge in [0, 0.05) is 51.8 Å². The summed E-state index contributed by atoms with van der Waals surface area (Å²) >= 11 is 0. The van der Waals surface area contributed by atoms with Crippen molar-refractivity contribution in [1.82, 2.24) is 19.4 Å². The number of amides is 1. The molecular weight excluding hydrogens is 471 g/mol. The lowest BCUT2D eigenvalue weighted by Crippen LogP contribution is -2.48. The summed E-state index contributed by atoms with van der Waals surface area (Å²) in [7, 11) is 0. The van der Waals surface area contributed by atoms with Gasteiger partial charge in [0.05, 0.1) is 22.9 Å². The Bertz CT molecular complexity index is 1350. The van der Waals surface area contributed by atoms with Gasteiger partial charge in [-0.1, -0.05) is 18.2 Å². The van der Waals surface area contributed by atoms with Gasteiger partial charge in [0.1, 0.15) is 23.3 Å². The molecule has 0 aliphatic carbocycles. The molecule has 8 nitrogen and oxygen atoms in total. The molecule has 0 saturated carbocycles. The fourth-order valence-corrected chi connectivity index (χ4v) is 4.94. The average Bonchev–Trinajstić information content (AvgIpc) is 3.34. The highest BCUT2D eigenvalue weighted by atomic mass is 19.3. The molecule has 1 unspecified atom stereocenters. The fraction of sp³-hybridized carbons (Fsp3) is 0.440. The molecule has 0 aromatic heterocycles. The molecular formula is C25H28F3N7O. The van der Waals surface area contributed by atoms with Gasteiger partial charge in [-0.3, -0.25) is 9.79 Å². The highest BCUT2D eigenvalue weighted by molar-refractivity contribution is 5.78. The van der Waals surface area contributed by atoms with E-state index in [1.807, 2.05) is 11.0 Å². The third-order valence-electron chi connectivity index (χ3n) is 6.82. The van der Waals surface area contributed by atoms with Crippen LogP contribution >= 0.6 is 0 Å². The molecule has 0 radical (unpaired) electrons. The van der Waals surface area contributed by atoms with Crippen LogP contribution in [0.25, 0.3) is 11.4 Å². The van der Waals surface area contributed by atoms with Crippen molar-refractivity contribution in [3.63, 3.8) is 0 Å². The first-order valence-electron chi connectivity index (χ1n) is 12.0. The predicted octanol–water partition coefficient (Wildman–Crippen LogP) is 3.52. The number of hydrogen-bond donors (Lipinski definition) is 1. The molecule has 1 saturated heterocycles. The maximum absolute atomic E-state index is 14.8. The van der Waals surface area contributed by atoms with E-state index in [1.165, 1.54) is 12.1 Å². The van der Waals surface area contributed by atoms with E-state index in [4.69, 9.17) is 0 Å². The first kappa shape index (κ1) is 24.1. The molecule has 1 aromatic carbocycles. The fourth-order valence-electron chi connectivity index (χ4n) is 4.94. The van der Waals surface area contributed by atoms with Crippen LogP contribution in [0, 0.1) is 12.7 Å². The van der Waals surface area contributed by atoms with Gasteiger partial charge in [0.2, 0.25) is 5.91 Å². The van der Waals surface area contributed by atoms with Crippen LogP contribution in [0.5, 0.6) is 0 Å². The quantitative estimate of drug-likeness (QED) is 0.594. The number of carbonyl (C=O) groups excluding carboxylic acids is 1. The van der Waals surface area contributed by atoms with Gasteiger partial charge in [-0.25, -0.2) is 23.1 Å². The standard InChI is InChI=1S/C25H28F3N7O/c1-14(17-5-4-6-18(21(17)26)22(27)28)30-23-19-13-20(34-11-9-33(10-12-34)16(3)36)25-29-7-8-35(25)24(19)32-15(2)31-23/h4-6,13-14,22,29H,7-12H2,1-3H3. The van der Waals surface area contributed by atoms with Gasteiger partial charge in [0.15, 0.2) is 5.49 Å². The Labute approximate surface area is 206 Å². The Morgan fingerprint density at radius 1 is 1.11 bits per heavy atom. The van der Waals surface area contributed by atoms with Crippen molar-refractivity contribution < 1.29 is 18.0 Å². The normalized spacial score (nSPS) is 17.0. The number of rotatable bonds is 4. The molecule has 4 aliphatic rings. The van der Waals surface area contributed by atoms with Crippen LogP contribution in [-0.2, 0) is 11.3 Å². The Hall–Kier alpha value is -3.63. The second-order valence-electron chi connectivity index (χ2n) is 9.14. The number of halogens is 3. The topological polar surface area (TPSA) is 78.7 Å². The molecule has 1 aromatic rings. The molecule has 1 fully saturated rings. The number of alkyl halides is 2. The van der Waals surface area contributed by atoms with Crippen LogP contribution in [0.2, 0.25) is 0 Å². The van der Waals surface area contributed by atoms with Crippen LogP contribution in [0.3, 0.4) is 0 Å². The van der Waals surface area contributed by atoms with Crippen LogP contribution in [0.4, 0.5) is 24.7 Å². The lowest BCUT2D eigenvalue weighted by molar-refractivity contribution is -0.129. The number of aromatic nitrogens is 3. The second kappa shape index (κ2) is 9.44. The van der Waals surface area contributed by atoms with Gasteiger partial charge >= 0.3 is 0 Å². The zero-order chi connectivity index (χ0) is 25.6. The van der Waals surface area contributed by atoms with Gasteiger partial charge in [0.25, 0.3) is 6.43 Å². The number of nitrogens with zero attached hydrogens (tertiary/aromatic N) is 6. The maximum Gasteiger partial charge on any atom is 0.266 e. The van der Waals surface area contributed by atoms with Gasteiger partial charge in [-0.05, 0) is 19.9 Å². The molecule has 36 heavy (non-hydrogen) atoms. The van der Waals surface area contributed by atoms with Crippen molar-refractivity contribution in [2.75, 3.05) is 42.9 Å². The maximum atomic E-state index is 14.8. The number of carbonyl (C=O) groups is 1. The highest BCUT2D eigenvalue weighted by Crippen LogP contribution is 2.36. The van der Waals surface area contributed by atoms with Gasteiger partial charge < -0.3 is 19.7 Å². The molecule has 1 atom stereocenters. The smallest absolute Gasteiger partial charge is 0.266 e. The van der Waals surface area contributed by atoms with Crippen molar-refractivity contribution in [2.24, 2.45) is 4.99 Å². The summed E-state index contributed by atoms with van der Waals surface area (Å²) in [5.74, 6) is 1.29. The Morgan fingerprint density at radius 3 is 2.53 bits per heavy atom. The monoisotopic (exact) mass is 499 g/mol. The van der Waals surface area contributed by atoms with Crippen molar-refractivity contribution in [3.8, 4) is 11.4 Å². The predicted molar refractivity (Wildman–Crippen MR) is 130 cm³/mol. The van der Waals surface area contributed by atoms with Gasteiger partial charge in [-0.2, -0.15) is 0 Å². The Balaban J connectivity index is 1.61. The molecule has 190 valence electrons. The first-order valence-corrected chi connectivity index (χ1v) is 12.0. The summed E-state index contributed by atoms with van der Waals surface area (Å²) in [6.07, 6.45) is -2.91. The number of fused-ring (bicyclic) bond motifs is 3. The molecule has 11 heteroatoms. The van der Waals surface area contributed by atoms with Crippen molar-refractivity contribution in [1.29, 1.82) is 0 Å². The van der Waals surface area contributed by atoms with E-state index in [-0.39, 0.29) is 11.5 Å². The van der Waals surface area contributed by atoms with Gasteiger partial charge in [-0.15, -0.1) is 0 Å². The molecule has 5 rings (SSSR count). The zero-order valence-electron chi connectivity index (χ0n) is 20.4. The van der Waals surface area contributed by atoms with E-state index < -0.39 is 23.8 Å². The lowest BCUT2D eigenvalue weighted by atomic mass is 10.0. The van der Waals surface area contributed by atoms with Crippen LogP contribution < -0.4 is 15.7 Å². The van der Waals surface area contributed by atoms with E-state index in [2.05, 4.69) is 29.7 Å². The number of hydrogen-bond acceptors (Lipinski definition) is 6. The Kier molecular flexibility index (Phi) is 6.31. The molecule has 1 N–H and O–H groups in total. The SMILES string of the molecule is CC(=O)N1CCN(c2cc3c(=NC(C)c4cccc(C(F)F)c4F)nc(C)nc-3n3c2NCC3)CC1. The number of benzene rings is 1. The summed E-state index contributed by atoms with van der Waals surface area (Å²) in [5, 5.41) is 3.45. The molecule has 1 amide bonds. The second-order valence-corrected chi connectivity index (χ2v) is 9.14. The number of anilines is 2. The van der Waals surface area contributed by atoms with Crippen LogP contribution in [0.1, 0.15) is 43.3 Å². The molecule has 4 heterocycles. The van der Waals surface area contributed by atoms with Crippen molar-refractivity contribution in [3.05, 3.63) is 52.5 Å². The van der Waals surface area contributed by atoms with E-state index >= 15 is 0 Å². The summed E-state index contributed by atoms with van der Waals surface area (Å²) in [5.41, 5.74) is 1.51. The van der Waals surface area contributed by atoms with E-state index in [0.29, 0.717) is 55.4 Å². The van der Waals surface area contributed by atoms with Crippen molar-refractivity contribution in [2.45, 2.75) is 39.8 Å². The minimum Gasteiger partial charge on any atom is -0.368 e. The number of nitrogens with one attached hydrogen (secondary N) is 1. The third-order valence-corrected chi connectivity index (χ3v) is 6.82. The summed E-state index contributed by atoms with van der Waals surface area (Å²) in [6.45, 7) is 9.10. The van der Waals surface area contributed by atoms with Crippen molar-refractivity contribution >= 4 is 17.4 Å². The van der Waals surface area contributed by atoms with E-state index in [9.17, 15) is 18.0 Å². The van der Waals surface area contributed by atoms with Crippen LogP contribution in [-0.4, -0.2) is 58.1 Å². The number of aryl methyl sites for hydroxylation is 1. The zero-order valence-corrected chi connectivity index (χ0v) is 20.4. The molecule has 4 aliphatic heterocycles. The largest absolute Gasteiger partial charge is 0.368 e. The molecule has 0 bridgehead atoms. The Morgan fingerprint density at radius 2 is 1.83 bits per heavy atom. The van der Waals surface area contributed by atoms with E-state index in [0.717, 1.165) is 24.1 Å². The minimum absolute atomic E-state index is 0.0629. The molecule has 0 spiro atoms. The van der Waals surface area contributed by atoms with Crippen LogP contribution in [0.15, 0.2) is 29.3 Å². The summed E-state index contributed by atoms with van der Waals surface area (Å²) in [4.78, 5) is 29.7. The minimum atomic E-state index is -2.91. The summed E-state index contributed by atoms with van der Waals surface area (Å²) < 4.78 is 43.4. The third kappa shape index (κ3) is 4.27. The average molecular weight is 500 g/mol. The summed E-state index contributed by atoms with van der Waals surface area (Å²) in [6, 6.07) is 5.23. The lowest BCUT2D eigenvalue weighted by Gasteiger charge is -2.36. The van der Waals surface area contributed by atoms with E-state index in [1.54, 1.807) is 20.8 Å². The number of piperazine rings is 1.